The highest BCUT2D eigenvalue weighted by molar-refractivity contribution is 5.93. The van der Waals surface area contributed by atoms with Crippen LogP contribution in [0.3, 0.4) is 0 Å². The van der Waals surface area contributed by atoms with Gasteiger partial charge in [0.05, 0.1) is 17.1 Å². The number of para-hydroxylation sites is 4. The van der Waals surface area contributed by atoms with Crippen molar-refractivity contribution >= 4 is 33.9 Å². The Kier molecular flexibility index (Phi) is 6.00. The largest absolute Gasteiger partial charge is 0.355 e. The minimum atomic E-state index is -0.505. The Morgan fingerprint density at radius 2 is 1.03 bits per heavy atom. The van der Waals surface area contributed by atoms with Crippen LogP contribution in [0, 0.1) is 0 Å². The van der Waals surface area contributed by atoms with Gasteiger partial charge in [-0.1, -0.05) is 72.8 Å². The lowest BCUT2D eigenvalue weighted by atomic mass is 10.2. The summed E-state index contributed by atoms with van der Waals surface area (Å²) < 4.78 is 2.67. The molecule has 0 amide bonds. The van der Waals surface area contributed by atoms with Gasteiger partial charge in [-0.2, -0.15) is 0 Å². The first-order valence-corrected chi connectivity index (χ1v) is 12.2. The van der Waals surface area contributed by atoms with Crippen molar-refractivity contribution < 1.29 is 0 Å². The predicted molar refractivity (Wildman–Crippen MR) is 152 cm³/mol. The number of benzene rings is 4. The minimum Gasteiger partial charge on any atom is -0.355 e. The van der Waals surface area contributed by atoms with Gasteiger partial charge in [0.2, 0.25) is 0 Å². The molecular formula is C31H23N5O2. The fourth-order valence-electron chi connectivity index (χ4n) is 4.42. The molecule has 184 valence electrons. The molecule has 0 atom stereocenters. The highest BCUT2D eigenvalue weighted by Crippen LogP contribution is 2.28. The summed E-state index contributed by atoms with van der Waals surface area (Å²) in [7, 11) is 0. The fourth-order valence-corrected chi connectivity index (χ4v) is 4.42. The highest BCUT2D eigenvalue weighted by atomic mass is 16.2. The number of aromatic nitrogens is 3. The molecule has 7 heteroatoms. The van der Waals surface area contributed by atoms with Gasteiger partial charge >= 0.3 is 5.69 Å². The number of pyridine rings is 1. The normalized spacial score (nSPS) is 10.8. The Morgan fingerprint density at radius 1 is 0.553 bits per heavy atom. The second kappa shape index (κ2) is 9.91. The van der Waals surface area contributed by atoms with E-state index in [0.717, 1.165) is 11.4 Å². The smallest absolute Gasteiger partial charge is 0.341 e. The monoisotopic (exact) mass is 497 g/mol. The molecule has 0 saturated heterocycles. The van der Waals surface area contributed by atoms with Gasteiger partial charge in [-0.05, 0) is 48.5 Å². The maximum absolute atomic E-state index is 14.1. The lowest BCUT2D eigenvalue weighted by Crippen LogP contribution is -2.39. The summed E-state index contributed by atoms with van der Waals surface area (Å²) in [4.78, 5) is 32.9. The molecule has 0 aliphatic carbocycles. The number of anilines is 4. The minimum absolute atomic E-state index is 0.248. The molecule has 0 aliphatic rings. The van der Waals surface area contributed by atoms with E-state index in [1.165, 1.54) is 9.13 Å². The first-order chi connectivity index (χ1) is 18.7. The fraction of sp³-hybridized carbons (Fsp3) is 0. The lowest BCUT2D eigenvalue weighted by Gasteiger charge is -2.18. The second-order valence-corrected chi connectivity index (χ2v) is 8.67. The summed E-state index contributed by atoms with van der Waals surface area (Å²) >= 11 is 0. The summed E-state index contributed by atoms with van der Waals surface area (Å²) in [6, 6.07) is 39.1. The zero-order valence-electron chi connectivity index (χ0n) is 20.3. The van der Waals surface area contributed by atoms with Crippen LogP contribution in [0.15, 0.2) is 137 Å². The second-order valence-electron chi connectivity index (χ2n) is 8.67. The molecule has 0 radical (unpaired) electrons. The molecule has 4 aromatic carbocycles. The molecule has 0 fully saturated rings. The summed E-state index contributed by atoms with van der Waals surface area (Å²) in [5, 5.41) is 6.98. The first-order valence-electron chi connectivity index (χ1n) is 12.2. The van der Waals surface area contributed by atoms with E-state index in [9.17, 15) is 9.59 Å². The molecular weight excluding hydrogens is 474 g/mol. The molecule has 0 bridgehead atoms. The molecule has 2 N–H and O–H groups in total. The Labute approximate surface area is 218 Å². The average Bonchev–Trinajstić information content (AvgIpc) is 2.95. The summed E-state index contributed by atoms with van der Waals surface area (Å²) in [6.45, 7) is 0. The van der Waals surface area contributed by atoms with E-state index in [2.05, 4.69) is 10.6 Å². The lowest BCUT2D eigenvalue weighted by molar-refractivity contribution is 0.827. The van der Waals surface area contributed by atoms with E-state index in [1.807, 2.05) is 97.1 Å². The third-order valence-corrected chi connectivity index (χ3v) is 6.14. The molecule has 0 spiro atoms. The SMILES string of the molecule is O=c1c2c(Nc3ccccc3)cc(Nc3ccccc3)nc2n(-c2ccccc2)c(=O)n1-c1ccccc1. The van der Waals surface area contributed by atoms with E-state index >= 15 is 0 Å². The van der Waals surface area contributed by atoms with Crippen molar-refractivity contribution in [3.8, 4) is 11.4 Å². The van der Waals surface area contributed by atoms with Crippen LogP contribution >= 0.6 is 0 Å². The van der Waals surface area contributed by atoms with Gasteiger partial charge in [0.15, 0.2) is 5.65 Å². The number of fused-ring (bicyclic) bond motifs is 1. The van der Waals surface area contributed by atoms with Crippen LogP contribution < -0.4 is 21.9 Å². The quantitative estimate of drug-likeness (QED) is 0.294. The van der Waals surface area contributed by atoms with Crippen molar-refractivity contribution in [1.82, 2.24) is 14.1 Å². The van der Waals surface area contributed by atoms with Gasteiger partial charge in [-0.3, -0.25) is 4.79 Å². The maximum atomic E-state index is 14.1. The van der Waals surface area contributed by atoms with Crippen LogP contribution in [0.25, 0.3) is 22.4 Å². The molecule has 6 rings (SSSR count). The molecule has 6 aromatic rings. The summed E-state index contributed by atoms with van der Waals surface area (Å²) in [6.07, 6.45) is 0. The van der Waals surface area contributed by atoms with Gasteiger partial charge in [-0.15, -0.1) is 0 Å². The number of hydrogen-bond acceptors (Lipinski definition) is 5. The van der Waals surface area contributed by atoms with Crippen LogP contribution in [0.5, 0.6) is 0 Å². The van der Waals surface area contributed by atoms with Gasteiger partial charge in [-0.25, -0.2) is 18.9 Å². The molecule has 0 aliphatic heterocycles. The third-order valence-electron chi connectivity index (χ3n) is 6.14. The van der Waals surface area contributed by atoms with Gasteiger partial charge < -0.3 is 10.6 Å². The molecule has 7 nitrogen and oxygen atoms in total. The predicted octanol–water partition coefficient (Wildman–Crippen LogP) is 6.02. The van der Waals surface area contributed by atoms with Gasteiger partial charge in [0.25, 0.3) is 5.56 Å². The molecule has 0 unspecified atom stereocenters. The number of hydrogen-bond donors (Lipinski definition) is 2. The van der Waals surface area contributed by atoms with E-state index in [4.69, 9.17) is 4.98 Å². The van der Waals surface area contributed by atoms with Crippen molar-refractivity contribution in [2.75, 3.05) is 10.6 Å². The van der Waals surface area contributed by atoms with E-state index < -0.39 is 11.2 Å². The van der Waals surface area contributed by atoms with E-state index in [-0.39, 0.29) is 5.65 Å². The Bertz CT molecular complexity index is 1830. The Morgan fingerprint density at radius 3 is 1.58 bits per heavy atom. The van der Waals surface area contributed by atoms with Crippen LogP contribution in [0.2, 0.25) is 0 Å². The molecule has 38 heavy (non-hydrogen) atoms. The molecule has 2 aromatic heterocycles. The first kappa shape index (κ1) is 23.0. The van der Waals surface area contributed by atoms with Crippen LogP contribution in [0.4, 0.5) is 22.9 Å². The molecule has 0 saturated carbocycles. The zero-order valence-corrected chi connectivity index (χ0v) is 20.3. The number of rotatable bonds is 6. The zero-order chi connectivity index (χ0) is 25.9. The topological polar surface area (TPSA) is 81.0 Å². The molecule has 2 heterocycles. The third kappa shape index (κ3) is 4.33. The Hall–Kier alpha value is -5.43. The highest BCUT2D eigenvalue weighted by Gasteiger charge is 2.21. The standard InChI is InChI=1S/C31H23N5O2/c37-30-28-26(32-22-13-5-1-6-14-22)21-27(33-23-15-7-2-8-16-23)34-29(28)35(24-17-9-3-10-18-24)31(38)36(30)25-19-11-4-12-20-25/h1-21H,(H2,32,33,34). The van der Waals surface area contributed by atoms with Crippen LogP contribution in [0.1, 0.15) is 0 Å². The van der Waals surface area contributed by atoms with Crippen molar-refractivity contribution in [2.45, 2.75) is 0 Å². The number of nitrogens with one attached hydrogen (secondary N) is 2. The van der Waals surface area contributed by atoms with Crippen molar-refractivity contribution in [3.05, 3.63) is 148 Å². The summed E-state index contributed by atoms with van der Waals surface area (Å²) in [5.74, 6) is 0.489. The Balaban J connectivity index is 1.71. The van der Waals surface area contributed by atoms with Crippen LogP contribution in [-0.2, 0) is 0 Å². The average molecular weight is 498 g/mol. The van der Waals surface area contributed by atoms with Crippen LogP contribution in [-0.4, -0.2) is 14.1 Å². The van der Waals surface area contributed by atoms with Crippen molar-refractivity contribution in [2.24, 2.45) is 0 Å². The maximum Gasteiger partial charge on any atom is 0.341 e. The van der Waals surface area contributed by atoms with Gasteiger partial charge in [0.1, 0.15) is 11.2 Å². The van der Waals surface area contributed by atoms with E-state index in [1.54, 1.807) is 30.3 Å². The van der Waals surface area contributed by atoms with Crippen molar-refractivity contribution in [3.63, 3.8) is 0 Å². The van der Waals surface area contributed by atoms with Gasteiger partial charge in [0, 0.05) is 17.4 Å². The number of nitrogens with zero attached hydrogens (tertiary/aromatic N) is 3. The van der Waals surface area contributed by atoms with E-state index in [0.29, 0.717) is 28.3 Å². The van der Waals surface area contributed by atoms with Crippen molar-refractivity contribution in [1.29, 1.82) is 0 Å². The summed E-state index contributed by atoms with van der Waals surface area (Å²) in [5.41, 5.74) is 2.52.